The monoisotopic (exact) mass is 312 g/mol. The second kappa shape index (κ2) is 5.43. The lowest BCUT2D eigenvalue weighted by Crippen LogP contribution is -2.43. The standard InChI is InChI=1S/C16H19F3N2O/c1-14(2,3)15(22,10-21-9-8-20-11-21)12-4-6-13(7-5-12)16(17,18)19/h4-9,11,22H,10H2,1-3H3. The highest BCUT2D eigenvalue weighted by Gasteiger charge is 2.42. The maximum atomic E-state index is 12.7. The van der Waals surface area contributed by atoms with Gasteiger partial charge in [0.15, 0.2) is 0 Å². The third kappa shape index (κ3) is 3.16. The molecule has 0 saturated carbocycles. The number of nitrogens with zero attached hydrogens (tertiary/aromatic N) is 2. The maximum absolute atomic E-state index is 12.7. The van der Waals surface area contributed by atoms with Crippen LogP contribution in [0.1, 0.15) is 31.9 Å². The summed E-state index contributed by atoms with van der Waals surface area (Å²) in [6.07, 6.45) is 0.486. The molecule has 2 aromatic rings. The van der Waals surface area contributed by atoms with Gasteiger partial charge < -0.3 is 9.67 Å². The highest BCUT2D eigenvalue weighted by atomic mass is 19.4. The Labute approximate surface area is 127 Å². The van der Waals surface area contributed by atoms with Gasteiger partial charge in [-0.15, -0.1) is 0 Å². The van der Waals surface area contributed by atoms with E-state index in [1.54, 1.807) is 23.3 Å². The zero-order chi connectivity index (χ0) is 16.6. The smallest absolute Gasteiger partial charge is 0.383 e. The van der Waals surface area contributed by atoms with Gasteiger partial charge in [0.25, 0.3) is 0 Å². The van der Waals surface area contributed by atoms with Crippen LogP contribution in [-0.2, 0) is 18.3 Å². The van der Waals surface area contributed by atoms with Crippen LogP contribution >= 0.6 is 0 Å². The normalized spacial score (nSPS) is 15.6. The summed E-state index contributed by atoms with van der Waals surface area (Å²) in [6.45, 7) is 5.76. The summed E-state index contributed by atoms with van der Waals surface area (Å²) in [4.78, 5) is 3.93. The molecule has 0 radical (unpaired) electrons. The molecule has 1 N–H and O–H groups in total. The van der Waals surface area contributed by atoms with Crippen LogP contribution in [-0.4, -0.2) is 14.7 Å². The molecule has 120 valence electrons. The van der Waals surface area contributed by atoms with Gasteiger partial charge in [0.05, 0.1) is 18.4 Å². The molecule has 1 unspecified atom stereocenters. The first-order valence-corrected chi connectivity index (χ1v) is 6.90. The number of aromatic nitrogens is 2. The van der Waals surface area contributed by atoms with E-state index in [2.05, 4.69) is 4.98 Å². The van der Waals surface area contributed by atoms with Crippen molar-refractivity contribution >= 4 is 0 Å². The molecule has 6 heteroatoms. The summed E-state index contributed by atoms with van der Waals surface area (Å²) in [5.41, 5.74) is -2.17. The molecule has 0 aliphatic heterocycles. The van der Waals surface area contributed by atoms with Crippen LogP contribution in [0.5, 0.6) is 0 Å². The van der Waals surface area contributed by atoms with E-state index in [0.717, 1.165) is 12.1 Å². The summed E-state index contributed by atoms with van der Waals surface area (Å²) in [5.74, 6) is 0. The molecule has 0 spiro atoms. The van der Waals surface area contributed by atoms with Crippen LogP contribution in [0, 0.1) is 5.41 Å². The van der Waals surface area contributed by atoms with Gasteiger partial charge in [-0.3, -0.25) is 0 Å². The molecule has 1 atom stereocenters. The van der Waals surface area contributed by atoms with Crippen molar-refractivity contribution in [1.29, 1.82) is 0 Å². The minimum absolute atomic E-state index is 0.210. The third-order valence-electron chi connectivity index (χ3n) is 3.90. The van der Waals surface area contributed by atoms with Gasteiger partial charge in [-0.1, -0.05) is 32.9 Å². The average Bonchev–Trinajstić information content (AvgIpc) is 2.89. The van der Waals surface area contributed by atoms with Crippen LogP contribution < -0.4 is 0 Å². The van der Waals surface area contributed by atoms with Gasteiger partial charge in [0.1, 0.15) is 5.60 Å². The molecule has 0 amide bonds. The van der Waals surface area contributed by atoms with Gasteiger partial charge >= 0.3 is 6.18 Å². The van der Waals surface area contributed by atoms with Crippen molar-refractivity contribution in [2.45, 2.75) is 39.1 Å². The Morgan fingerprint density at radius 1 is 1.05 bits per heavy atom. The van der Waals surface area contributed by atoms with Gasteiger partial charge in [-0.05, 0) is 23.1 Å². The minimum Gasteiger partial charge on any atom is -0.383 e. The van der Waals surface area contributed by atoms with E-state index >= 15 is 0 Å². The van der Waals surface area contributed by atoms with Crippen molar-refractivity contribution in [3.8, 4) is 0 Å². The Morgan fingerprint density at radius 2 is 1.59 bits per heavy atom. The average molecular weight is 312 g/mol. The van der Waals surface area contributed by atoms with Gasteiger partial charge in [-0.2, -0.15) is 13.2 Å². The Hall–Kier alpha value is -1.82. The Morgan fingerprint density at radius 3 is 2.00 bits per heavy atom. The first-order valence-electron chi connectivity index (χ1n) is 6.90. The van der Waals surface area contributed by atoms with Gasteiger partial charge in [-0.25, -0.2) is 4.98 Å². The molecule has 0 saturated heterocycles. The Kier molecular flexibility index (Phi) is 4.08. The second-order valence-electron chi connectivity index (χ2n) is 6.42. The van der Waals surface area contributed by atoms with Crippen molar-refractivity contribution in [3.05, 3.63) is 54.1 Å². The first-order chi connectivity index (χ1) is 10.0. The molecule has 0 fully saturated rings. The zero-order valence-electron chi connectivity index (χ0n) is 12.7. The number of halogens is 3. The van der Waals surface area contributed by atoms with Crippen molar-refractivity contribution in [2.24, 2.45) is 5.41 Å². The molecule has 0 bridgehead atoms. The molecule has 0 aliphatic carbocycles. The molecular weight excluding hydrogens is 293 g/mol. The van der Waals surface area contributed by atoms with Gasteiger partial charge in [0, 0.05) is 12.4 Å². The molecule has 2 rings (SSSR count). The largest absolute Gasteiger partial charge is 0.416 e. The quantitative estimate of drug-likeness (QED) is 0.935. The predicted molar refractivity (Wildman–Crippen MR) is 77.0 cm³/mol. The van der Waals surface area contributed by atoms with E-state index in [0.29, 0.717) is 5.56 Å². The number of hydrogen-bond acceptors (Lipinski definition) is 2. The summed E-state index contributed by atoms with van der Waals surface area (Å²) >= 11 is 0. The summed E-state index contributed by atoms with van der Waals surface area (Å²) < 4.78 is 39.8. The highest BCUT2D eigenvalue weighted by Crippen LogP contribution is 2.41. The lowest BCUT2D eigenvalue weighted by molar-refractivity contribution is -0.137. The molecule has 1 heterocycles. The third-order valence-corrected chi connectivity index (χ3v) is 3.90. The molecule has 1 aromatic heterocycles. The van der Waals surface area contributed by atoms with E-state index in [-0.39, 0.29) is 6.54 Å². The molecule has 1 aromatic carbocycles. The summed E-state index contributed by atoms with van der Waals surface area (Å²) in [6, 6.07) is 4.68. The van der Waals surface area contributed by atoms with E-state index in [1.807, 2.05) is 20.8 Å². The SMILES string of the molecule is CC(C)(C)C(O)(Cn1ccnc1)c1ccc(C(F)(F)F)cc1. The van der Waals surface area contributed by atoms with Crippen LogP contribution in [0.3, 0.4) is 0 Å². The number of benzene rings is 1. The number of aliphatic hydroxyl groups is 1. The van der Waals surface area contributed by atoms with Crippen LogP contribution in [0.15, 0.2) is 43.0 Å². The first kappa shape index (κ1) is 16.5. The summed E-state index contributed by atoms with van der Waals surface area (Å²) in [7, 11) is 0. The number of hydrogen-bond donors (Lipinski definition) is 1. The lowest BCUT2D eigenvalue weighted by Gasteiger charge is -2.41. The minimum atomic E-state index is -4.39. The Bertz CT molecular complexity index is 612. The molecule has 3 nitrogen and oxygen atoms in total. The maximum Gasteiger partial charge on any atom is 0.416 e. The van der Waals surface area contributed by atoms with Crippen LogP contribution in [0.2, 0.25) is 0 Å². The molecule has 22 heavy (non-hydrogen) atoms. The van der Waals surface area contributed by atoms with Crippen molar-refractivity contribution in [3.63, 3.8) is 0 Å². The number of alkyl halides is 3. The molecule has 0 aliphatic rings. The predicted octanol–water partition coefficient (Wildman–Crippen LogP) is 3.84. The van der Waals surface area contributed by atoms with E-state index in [1.165, 1.54) is 12.1 Å². The lowest BCUT2D eigenvalue weighted by atomic mass is 9.72. The topological polar surface area (TPSA) is 38.0 Å². The van der Waals surface area contributed by atoms with Crippen molar-refractivity contribution < 1.29 is 18.3 Å². The Balaban J connectivity index is 2.42. The zero-order valence-corrected chi connectivity index (χ0v) is 12.7. The van der Waals surface area contributed by atoms with Crippen LogP contribution in [0.25, 0.3) is 0 Å². The van der Waals surface area contributed by atoms with E-state index < -0.39 is 22.8 Å². The highest BCUT2D eigenvalue weighted by molar-refractivity contribution is 5.30. The van der Waals surface area contributed by atoms with Crippen molar-refractivity contribution in [1.82, 2.24) is 9.55 Å². The fraction of sp³-hybridized carbons (Fsp3) is 0.438. The second-order valence-corrected chi connectivity index (χ2v) is 6.42. The van der Waals surface area contributed by atoms with E-state index in [4.69, 9.17) is 0 Å². The molecular formula is C16H19F3N2O. The number of rotatable bonds is 3. The van der Waals surface area contributed by atoms with Gasteiger partial charge in [0.2, 0.25) is 0 Å². The number of imidazole rings is 1. The van der Waals surface area contributed by atoms with Crippen LogP contribution in [0.4, 0.5) is 13.2 Å². The van der Waals surface area contributed by atoms with Crippen molar-refractivity contribution in [2.75, 3.05) is 0 Å². The summed E-state index contributed by atoms with van der Waals surface area (Å²) in [5, 5.41) is 11.2. The van der Waals surface area contributed by atoms with E-state index in [9.17, 15) is 18.3 Å². The fourth-order valence-electron chi connectivity index (χ4n) is 2.34. The fourth-order valence-corrected chi connectivity index (χ4v) is 2.34.